The Labute approximate surface area is 88.2 Å². The Hall–Kier alpha value is -1.53. The van der Waals surface area contributed by atoms with Crippen molar-refractivity contribution in [3.8, 4) is 6.07 Å². The average molecular weight is 208 g/mol. The van der Waals surface area contributed by atoms with Crippen LogP contribution in [0, 0.1) is 11.3 Å². The van der Waals surface area contributed by atoms with Gasteiger partial charge in [0, 0.05) is 19.1 Å². The van der Waals surface area contributed by atoms with E-state index < -0.39 is 0 Å². The minimum absolute atomic E-state index is 0.542. The summed E-state index contributed by atoms with van der Waals surface area (Å²) in [6, 6.07) is 7.27. The highest BCUT2D eigenvalue weighted by Crippen LogP contribution is 2.21. The minimum Gasteiger partial charge on any atom is -0.335 e. The Morgan fingerprint density at radius 2 is 2.29 bits per heavy atom. The standard InChI is InChI=1S/C10H10ClN3/c1-13-7-14(2)10-4-3-9(11)5-8(10)6-12/h3-5,7H,1-2H3. The maximum Gasteiger partial charge on any atom is 0.101 e. The number of nitriles is 1. The molecule has 0 aromatic heterocycles. The highest BCUT2D eigenvalue weighted by molar-refractivity contribution is 6.30. The van der Waals surface area contributed by atoms with E-state index in [1.165, 1.54) is 0 Å². The monoisotopic (exact) mass is 207 g/mol. The molecule has 0 aliphatic rings. The lowest BCUT2D eigenvalue weighted by Gasteiger charge is -2.14. The van der Waals surface area contributed by atoms with Crippen molar-refractivity contribution < 1.29 is 0 Å². The number of aliphatic imine (C=N–C) groups is 1. The summed E-state index contributed by atoms with van der Waals surface area (Å²) < 4.78 is 0. The van der Waals surface area contributed by atoms with Crippen LogP contribution in [0.5, 0.6) is 0 Å². The van der Waals surface area contributed by atoms with Gasteiger partial charge < -0.3 is 4.90 Å². The summed E-state index contributed by atoms with van der Waals surface area (Å²) in [6.45, 7) is 0. The topological polar surface area (TPSA) is 39.4 Å². The van der Waals surface area contributed by atoms with Gasteiger partial charge in [-0.3, -0.25) is 4.99 Å². The molecule has 0 bridgehead atoms. The largest absolute Gasteiger partial charge is 0.335 e. The van der Waals surface area contributed by atoms with Crippen LogP contribution in [-0.2, 0) is 0 Å². The molecular formula is C10H10ClN3. The van der Waals surface area contributed by atoms with Gasteiger partial charge in [-0.1, -0.05) is 11.6 Å². The normalized spacial score (nSPS) is 10.1. The van der Waals surface area contributed by atoms with Crippen molar-refractivity contribution >= 4 is 23.6 Å². The van der Waals surface area contributed by atoms with Crippen molar-refractivity contribution in [1.29, 1.82) is 5.26 Å². The lowest BCUT2D eigenvalue weighted by molar-refractivity contribution is 1.26. The fourth-order valence-electron chi connectivity index (χ4n) is 1.14. The number of nitrogens with zero attached hydrogens (tertiary/aromatic N) is 3. The van der Waals surface area contributed by atoms with Gasteiger partial charge in [-0.15, -0.1) is 0 Å². The maximum absolute atomic E-state index is 8.88. The number of rotatable bonds is 2. The van der Waals surface area contributed by atoms with E-state index in [0.29, 0.717) is 10.6 Å². The molecule has 0 aliphatic carbocycles. The molecule has 0 N–H and O–H groups in total. The predicted octanol–water partition coefficient (Wildman–Crippen LogP) is 2.31. The zero-order chi connectivity index (χ0) is 10.6. The van der Waals surface area contributed by atoms with Gasteiger partial charge in [0.2, 0.25) is 0 Å². The van der Waals surface area contributed by atoms with Crippen molar-refractivity contribution in [3.63, 3.8) is 0 Å². The maximum atomic E-state index is 8.88. The molecule has 0 heterocycles. The third kappa shape index (κ3) is 2.24. The molecule has 0 spiro atoms. The number of benzene rings is 1. The molecule has 0 unspecified atom stereocenters. The van der Waals surface area contributed by atoms with E-state index in [2.05, 4.69) is 11.1 Å². The molecular weight excluding hydrogens is 198 g/mol. The molecule has 0 fully saturated rings. The van der Waals surface area contributed by atoms with Crippen molar-refractivity contribution in [2.75, 3.05) is 19.0 Å². The van der Waals surface area contributed by atoms with Gasteiger partial charge in [0.15, 0.2) is 0 Å². The molecule has 3 nitrogen and oxygen atoms in total. The fraction of sp³-hybridized carbons (Fsp3) is 0.200. The smallest absolute Gasteiger partial charge is 0.101 e. The highest BCUT2D eigenvalue weighted by Gasteiger charge is 2.05. The van der Waals surface area contributed by atoms with E-state index >= 15 is 0 Å². The Bertz CT molecular complexity index is 393. The number of halogens is 1. The van der Waals surface area contributed by atoms with Crippen molar-refractivity contribution in [1.82, 2.24) is 0 Å². The summed E-state index contributed by atoms with van der Waals surface area (Å²) in [6.07, 6.45) is 1.64. The van der Waals surface area contributed by atoms with Gasteiger partial charge in [-0.05, 0) is 18.2 Å². The number of hydrogen-bond acceptors (Lipinski definition) is 2. The second-order valence-corrected chi connectivity index (χ2v) is 3.19. The van der Waals surface area contributed by atoms with Crippen LogP contribution in [0.15, 0.2) is 23.2 Å². The van der Waals surface area contributed by atoms with Crippen LogP contribution in [0.25, 0.3) is 0 Å². The van der Waals surface area contributed by atoms with Crippen LogP contribution in [0.3, 0.4) is 0 Å². The van der Waals surface area contributed by atoms with E-state index in [9.17, 15) is 0 Å². The van der Waals surface area contributed by atoms with E-state index in [4.69, 9.17) is 16.9 Å². The fourth-order valence-corrected chi connectivity index (χ4v) is 1.31. The first kappa shape index (κ1) is 10.6. The van der Waals surface area contributed by atoms with Crippen molar-refractivity contribution in [2.45, 2.75) is 0 Å². The molecule has 0 radical (unpaired) electrons. The summed E-state index contributed by atoms with van der Waals surface area (Å²) >= 11 is 5.77. The summed E-state index contributed by atoms with van der Waals surface area (Å²) in [7, 11) is 3.51. The van der Waals surface area contributed by atoms with E-state index in [-0.39, 0.29) is 0 Å². The summed E-state index contributed by atoms with van der Waals surface area (Å²) in [5, 5.41) is 9.44. The molecule has 1 rings (SSSR count). The first-order valence-corrected chi connectivity index (χ1v) is 4.41. The van der Waals surface area contributed by atoms with Crippen LogP contribution in [0.4, 0.5) is 5.69 Å². The average Bonchev–Trinajstić information content (AvgIpc) is 2.17. The first-order valence-electron chi connectivity index (χ1n) is 4.04. The van der Waals surface area contributed by atoms with Gasteiger partial charge in [0.1, 0.15) is 6.07 Å². The number of hydrogen-bond donors (Lipinski definition) is 0. The molecule has 0 aliphatic heterocycles. The molecule has 1 aromatic rings. The van der Waals surface area contributed by atoms with E-state index in [0.717, 1.165) is 5.69 Å². The third-order valence-corrected chi connectivity index (χ3v) is 1.98. The van der Waals surface area contributed by atoms with Gasteiger partial charge in [-0.2, -0.15) is 5.26 Å². The molecule has 1 aromatic carbocycles. The van der Waals surface area contributed by atoms with Crippen LogP contribution in [0.1, 0.15) is 5.56 Å². The van der Waals surface area contributed by atoms with Gasteiger partial charge in [-0.25, -0.2) is 0 Å². The van der Waals surface area contributed by atoms with Crippen LogP contribution in [0.2, 0.25) is 5.02 Å². The Morgan fingerprint density at radius 1 is 1.57 bits per heavy atom. The highest BCUT2D eigenvalue weighted by atomic mass is 35.5. The third-order valence-electron chi connectivity index (χ3n) is 1.75. The van der Waals surface area contributed by atoms with Gasteiger partial charge >= 0.3 is 0 Å². The Balaban J connectivity index is 3.15. The lowest BCUT2D eigenvalue weighted by atomic mass is 10.2. The molecule has 0 amide bonds. The molecule has 4 heteroatoms. The molecule has 0 saturated heterocycles. The van der Waals surface area contributed by atoms with Gasteiger partial charge in [0.05, 0.1) is 17.6 Å². The second kappa shape index (κ2) is 4.64. The summed E-state index contributed by atoms with van der Waals surface area (Å²) in [5.41, 5.74) is 1.34. The Morgan fingerprint density at radius 3 is 2.86 bits per heavy atom. The number of anilines is 1. The zero-order valence-electron chi connectivity index (χ0n) is 8.03. The predicted molar refractivity (Wildman–Crippen MR) is 59.0 cm³/mol. The molecule has 72 valence electrons. The lowest BCUT2D eigenvalue weighted by Crippen LogP contribution is -2.15. The summed E-state index contributed by atoms with van der Waals surface area (Å²) in [5.74, 6) is 0. The molecule has 0 saturated carbocycles. The van der Waals surface area contributed by atoms with E-state index in [1.807, 2.05) is 7.05 Å². The molecule has 14 heavy (non-hydrogen) atoms. The summed E-state index contributed by atoms with van der Waals surface area (Å²) in [4.78, 5) is 5.64. The molecule has 0 atom stereocenters. The van der Waals surface area contributed by atoms with E-state index in [1.54, 1.807) is 36.5 Å². The van der Waals surface area contributed by atoms with Crippen LogP contribution < -0.4 is 4.90 Å². The Kier molecular flexibility index (Phi) is 3.49. The first-order chi connectivity index (χ1) is 6.69. The van der Waals surface area contributed by atoms with Crippen LogP contribution >= 0.6 is 11.6 Å². The van der Waals surface area contributed by atoms with Crippen molar-refractivity contribution in [2.24, 2.45) is 4.99 Å². The zero-order valence-corrected chi connectivity index (χ0v) is 8.78. The SMILES string of the molecule is CN=CN(C)c1ccc(Cl)cc1C#N. The minimum atomic E-state index is 0.542. The van der Waals surface area contributed by atoms with Crippen LogP contribution in [-0.4, -0.2) is 20.4 Å². The second-order valence-electron chi connectivity index (χ2n) is 2.76. The van der Waals surface area contributed by atoms with Crippen molar-refractivity contribution in [3.05, 3.63) is 28.8 Å². The quantitative estimate of drug-likeness (QED) is 0.552. The van der Waals surface area contributed by atoms with Gasteiger partial charge in [0.25, 0.3) is 0 Å².